The van der Waals surface area contributed by atoms with Crippen LogP contribution >= 0.6 is 0 Å². The van der Waals surface area contributed by atoms with E-state index in [-0.39, 0.29) is 5.54 Å². The predicted octanol–water partition coefficient (Wildman–Crippen LogP) is 3.66. The Morgan fingerprint density at radius 2 is 1.88 bits per heavy atom. The molecule has 1 aromatic carbocycles. The van der Waals surface area contributed by atoms with Crippen LogP contribution in [-0.2, 0) is 12.1 Å². The van der Waals surface area contributed by atoms with Gasteiger partial charge in [0.2, 0.25) is 0 Å². The van der Waals surface area contributed by atoms with Crippen molar-refractivity contribution >= 4 is 0 Å². The van der Waals surface area contributed by atoms with Gasteiger partial charge in [-0.3, -0.25) is 0 Å². The highest BCUT2D eigenvalue weighted by atomic mass is 15.5. The van der Waals surface area contributed by atoms with Gasteiger partial charge in [0.1, 0.15) is 0 Å². The monoisotopic (exact) mass is 339 g/mol. The molecule has 5 heteroatoms. The van der Waals surface area contributed by atoms with Gasteiger partial charge in [-0.05, 0) is 54.1 Å². The number of aromatic nitrogens is 4. The van der Waals surface area contributed by atoms with Gasteiger partial charge < -0.3 is 5.32 Å². The summed E-state index contributed by atoms with van der Waals surface area (Å²) < 4.78 is 2.02. The van der Waals surface area contributed by atoms with Crippen molar-refractivity contribution in [2.24, 2.45) is 5.92 Å². The van der Waals surface area contributed by atoms with Crippen LogP contribution in [0.4, 0.5) is 0 Å². The zero-order valence-electron chi connectivity index (χ0n) is 15.0. The third-order valence-corrected chi connectivity index (χ3v) is 5.99. The average Bonchev–Trinajstić information content (AvgIpc) is 3.13. The van der Waals surface area contributed by atoms with Crippen LogP contribution < -0.4 is 5.32 Å². The molecule has 1 saturated heterocycles. The lowest BCUT2D eigenvalue weighted by Gasteiger charge is -2.40. The zero-order chi connectivity index (χ0) is 17.0. The van der Waals surface area contributed by atoms with E-state index in [0.29, 0.717) is 0 Å². The molecule has 0 amide bonds. The fourth-order valence-corrected chi connectivity index (χ4v) is 4.72. The summed E-state index contributed by atoms with van der Waals surface area (Å²) in [5.74, 6) is 1.85. The minimum absolute atomic E-state index is 0.0431. The highest BCUT2D eigenvalue weighted by molar-refractivity contribution is 5.16. The van der Waals surface area contributed by atoms with E-state index in [1.807, 2.05) is 4.68 Å². The largest absolute Gasteiger partial charge is 0.305 e. The maximum atomic E-state index is 4.51. The van der Waals surface area contributed by atoms with E-state index in [1.54, 1.807) is 0 Å². The van der Waals surface area contributed by atoms with Crippen molar-refractivity contribution in [3.63, 3.8) is 0 Å². The first-order valence-electron chi connectivity index (χ1n) is 9.91. The molecule has 25 heavy (non-hydrogen) atoms. The molecule has 1 atom stereocenters. The predicted molar refractivity (Wildman–Crippen MR) is 98.1 cm³/mol. The maximum Gasteiger partial charge on any atom is 0.171 e. The summed E-state index contributed by atoms with van der Waals surface area (Å²) in [7, 11) is 0. The molecule has 1 saturated carbocycles. The van der Waals surface area contributed by atoms with Crippen LogP contribution in [0.5, 0.6) is 0 Å². The summed E-state index contributed by atoms with van der Waals surface area (Å²) in [5, 5.41) is 16.8. The second-order valence-corrected chi connectivity index (χ2v) is 7.82. The molecule has 0 radical (unpaired) electrons. The Morgan fingerprint density at radius 1 is 1.04 bits per heavy atom. The average molecular weight is 339 g/mol. The maximum absolute atomic E-state index is 4.51. The van der Waals surface area contributed by atoms with Crippen LogP contribution in [0.1, 0.15) is 69.2 Å². The first kappa shape index (κ1) is 16.7. The number of hydrogen-bond acceptors (Lipinski definition) is 4. The molecule has 134 valence electrons. The van der Waals surface area contributed by atoms with Gasteiger partial charge in [0.05, 0.1) is 12.1 Å². The van der Waals surface area contributed by atoms with Crippen LogP contribution in [0.3, 0.4) is 0 Å². The molecule has 2 fully saturated rings. The van der Waals surface area contributed by atoms with Gasteiger partial charge >= 0.3 is 0 Å². The Balaban J connectivity index is 1.60. The van der Waals surface area contributed by atoms with Gasteiger partial charge in [-0.2, -0.15) is 0 Å². The minimum Gasteiger partial charge on any atom is -0.305 e. The quantitative estimate of drug-likeness (QED) is 0.903. The summed E-state index contributed by atoms with van der Waals surface area (Å²) in [5.41, 5.74) is 1.21. The number of rotatable bonds is 5. The summed E-state index contributed by atoms with van der Waals surface area (Å²) in [4.78, 5) is 0. The molecule has 1 aromatic heterocycles. The van der Waals surface area contributed by atoms with Crippen molar-refractivity contribution in [3.05, 3.63) is 41.7 Å². The number of hydrogen-bond donors (Lipinski definition) is 1. The van der Waals surface area contributed by atoms with Crippen molar-refractivity contribution in [3.8, 4) is 0 Å². The van der Waals surface area contributed by atoms with Crippen LogP contribution in [0.15, 0.2) is 30.3 Å². The lowest BCUT2D eigenvalue weighted by Crippen LogP contribution is -2.49. The van der Waals surface area contributed by atoms with Crippen molar-refractivity contribution in [1.82, 2.24) is 25.5 Å². The molecule has 2 heterocycles. The van der Waals surface area contributed by atoms with E-state index in [9.17, 15) is 0 Å². The second kappa shape index (κ2) is 7.65. The molecule has 0 spiro atoms. The Hall–Kier alpha value is -1.75. The normalized spacial score (nSPS) is 25.1. The van der Waals surface area contributed by atoms with Gasteiger partial charge in [-0.1, -0.05) is 62.4 Å². The first-order chi connectivity index (χ1) is 12.4. The zero-order valence-corrected chi connectivity index (χ0v) is 15.0. The Labute approximate surface area is 150 Å². The first-order valence-corrected chi connectivity index (χ1v) is 9.91. The summed E-state index contributed by atoms with van der Waals surface area (Å²) in [6, 6.07) is 10.5. The molecular formula is C20H29N5. The van der Waals surface area contributed by atoms with E-state index in [1.165, 1.54) is 56.9 Å². The van der Waals surface area contributed by atoms with E-state index in [4.69, 9.17) is 0 Å². The molecule has 4 rings (SSSR count). The second-order valence-electron chi connectivity index (χ2n) is 7.82. The smallest absolute Gasteiger partial charge is 0.171 e. The standard InChI is InChI=1S/C20H29N5/c1-3-9-17(10-4-1)15-20(13-7-8-14-21-20)19-22-23-24-25(19)16-18-11-5-2-6-12-18/h2,5-6,11-12,17,21H,1,3-4,7-10,13-16H2/t20-/m1/s1. The molecule has 2 aliphatic rings. The summed E-state index contributed by atoms with van der Waals surface area (Å²) in [6.07, 6.45) is 11.8. The van der Waals surface area contributed by atoms with E-state index in [2.05, 4.69) is 51.2 Å². The molecule has 2 aromatic rings. The van der Waals surface area contributed by atoms with Crippen molar-refractivity contribution in [1.29, 1.82) is 0 Å². The SMILES string of the molecule is c1ccc(Cn2nnnc2[C@]2(CC3CCCCC3)CCCCN2)cc1. The van der Waals surface area contributed by atoms with E-state index < -0.39 is 0 Å². The highest BCUT2D eigenvalue weighted by Crippen LogP contribution is 2.39. The van der Waals surface area contributed by atoms with Crippen LogP contribution in [0.2, 0.25) is 0 Å². The molecule has 0 unspecified atom stereocenters. The molecule has 1 aliphatic heterocycles. The third kappa shape index (κ3) is 3.76. The Bertz CT molecular complexity index is 654. The number of piperidine rings is 1. The van der Waals surface area contributed by atoms with Gasteiger partial charge in [0, 0.05) is 0 Å². The summed E-state index contributed by atoms with van der Waals surface area (Å²) in [6.45, 7) is 1.82. The van der Waals surface area contributed by atoms with Crippen LogP contribution in [0.25, 0.3) is 0 Å². The number of tetrazole rings is 1. The van der Waals surface area contributed by atoms with E-state index >= 15 is 0 Å². The van der Waals surface area contributed by atoms with Crippen LogP contribution in [-0.4, -0.2) is 26.8 Å². The number of benzene rings is 1. The third-order valence-electron chi connectivity index (χ3n) is 5.99. The Kier molecular flexibility index (Phi) is 5.11. The minimum atomic E-state index is -0.0431. The van der Waals surface area contributed by atoms with Crippen molar-refractivity contribution in [2.45, 2.75) is 69.9 Å². The molecule has 1 aliphatic carbocycles. The van der Waals surface area contributed by atoms with Gasteiger partial charge in [0.15, 0.2) is 5.82 Å². The van der Waals surface area contributed by atoms with Gasteiger partial charge in [-0.15, -0.1) is 5.10 Å². The topological polar surface area (TPSA) is 55.6 Å². The summed E-state index contributed by atoms with van der Waals surface area (Å²) >= 11 is 0. The van der Waals surface area contributed by atoms with Crippen molar-refractivity contribution in [2.75, 3.05) is 6.54 Å². The fourth-order valence-electron chi connectivity index (χ4n) is 4.72. The molecule has 0 bridgehead atoms. The Morgan fingerprint density at radius 3 is 2.64 bits per heavy atom. The number of nitrogens with zero attached hydrogens (tertiary/aromatic N) is 4. The van der Waals surface area contributed by atoms with E-state index in [0.717, 1.165) is 31.3 Å². The van der Waals surface area contributed by atoms with Crippen LogP contribution in [0, 0.1) is 5.92 Å². The lowest BCUT2D eigenvalue weighted by atomic mass is 9.75. The molecule has 1 N–H and O–H groups in total. The van der Waals surface area contributed by atoms with Gasteiger partial charge in [-0.25, -0.2) is 4.68 Å². The molecule has 5 nitrogen and oxygen atoms in total. The highest BCUT2D eigenvalue weighted by Gasteiger charge is 2.40. The lowest BCUT2D eigenvalue weighted by molar-refractivity contribution is 0.164. The fraction of sp³-hybridized carbons (Fsp3) is 0.650. The van der Waals surface area contributed by atoms with Gasteiger partial charge in [0.25, 0.3) is 0 Å². The van der Waals surface area contributed by atoms with Crippen molar-refractivity contribution < 1.29 is 0 Å². The number of nitrogens with one attached hydrogen (secondary N) is 1. The molecular weight excluding hydrogens is 310 g/mol.